The van der Waals surface area contributed by atoms with Gasteiger partial charge < -0.3 is 9.64 Å². The smallest absolute Gasteiger partial charge is 0.332 e. The summed E-state index contributed by atoms with van der Waals surface area (Å²) in [4.78, 5) is 28.9. The van der Waals surface area contributed by atoms with E-state index in [2.05, 4.69) is 0 Å². The molecule has 0 saturated heterocycles. The van der Waals surface area contributed by atoms with Crippen molar-refractivity contribution in [1.82, 2.24) is 4.90 Å². The zero-order chi connectivity index (χ0) is 21.8. The topological polar surface area (TPSA) is 46.6 Å². The van der Waals surface area contributed by atoms with Crippen molar-refractivity contribution in [3.63, 3.8) is 0 Å². The monoisotopic (exact) mass is 451 g/mol. The van der Waals surface area contributed by atoms with Crippen LogP contribution in [0.2, 0.25) is 5.02 Å². The summed E-state index contributed by atoms with van der Waals surface area (Å²) in [7, 11) is 1.38. The van der Waals surface area contributed by atoms with Crippen LogP contribution in [0.1, 0.15) is 16.7 Å². The number of ether oxygens (including phenoxy) is 1. The van der Waals surface area contributed by atoms with Crippen molar-refractivity contribution in [2.45, 2.75) is 34.7 Å². The zero-order valence-corrected chi connectivity index (χ0v) is 18.7. The van der Waals surface area contributed by atoms with Gasteiger partial charge in [-0.05, 0) is 47.0 Å². The summed E-state index contributed by atoms with van der Waals surface area (Å²) in [5, 5.41) is 0.686. The van der Waals surface area contributed by atoms with Gasteiger partial charge in [0.05, 0.1) is 7.11 Å². The number of carbonyl (C=O) groups is 2. The minimum absolute atomic E-state index is 0.309. The van der Waals surface area contributed by atoms with Crippen LogP contribution in [0.25, 0.3) is 0 Å². The summed E-state index contributed by atoms with van der Waals surface area (Å²) >= 11 is 7.61. The van der Waals surface area contributed by atoms with Gasteiger partial charge in [0.25, 0.3) is 0 Å². The molecule has 0 heterocycles. The van der Waals surface area contributed by atoms with Gasteiger partial charge in [0.15, 0.2) is 0 Å². The lowest BCUT2D eigenvalue weighted by Crippen LogP contribution is -2.55. The molecule has 4 nitrogen and oxygen atoms in total. The SMILES string of the molecule is COC(=O)C1(N(C=O)Cc2ccccc2Sc2ccc(Cl)cc2)Cc2ccccc2C1. The van der Waals surface area contributed by atoms with Crippen molar-refractivity contribution in [2.24, 2.45) is 0 Å². The number of hydrogen-bond acceptors (Lipinski definition) is 4. The van der Waals surface area contributed by atoms with E-state index in [-0.39, 0.29) is 0 Å². The second-order valence-corrected chi connectivity index (χ2v) is 9.09. The maximum Gasteiger partial charge on any atom is 0.332 e. The molecule has 0 saturated carbocycles. The van der Waals surface area contributed by atoms with Crippen LogP contribution in [-0.4, -0.2) is 29.9 Å². The van der Waals surface area contributed by atoms with E-state index in [9.17, 15) is 9.59 Å². The van der Waals surface area contributed by atoms with E-state index in [1.807, 2.05) is 72.8 Å². The van der Waals surface area contributed by atoms with Crippen molar-refractivity contribution >= 4 is 35.7 Å². The molecule has 0 unspecified atom stereocenters. The van der Waals surface area contributed by atoms with E-state index >= 15 is 0 Å². The van der Waals surface area contributed by atoms with Gasteiger partial charge in [0, 0.05) is 34.2 Å². The van der Waals surface area contributed by atoms with Gasteiger partial charge in [-0.25, -0.2) is 4.79 Å². The van der Waals surface area contributed by atoms with Crippen molar-refractivity contribution in [3.05, 3.63) is 94.5 Å². The molecule has 3 aromatic carbocycles. The molecule has 1 amide bonds. The predicted octanol–water partition coefficient (Wildman–Crippen LogP) is 5.16. The summed E-state index contributed by atoms with van der Waals surface area (Å²) in [5.41, 5.74) is 2.07. The third-order valence-electron chi connectivity index (χ3n) is 5.68. The molecule has 0 N–H and O–H groups in total. The number of fused-ring (bicyclic) bond motifs is 1. The first kappa shape index (κ1) is 21.5. The van der Waals surface area contributed by atoms with Crippen LogP contribution < -0.4 is 0 Å². The number of carbonyl (C=O) groups excluding carboxylic acids is 2. The summed E-state index contributed by atoms with van der Waals surface area (Å²) in [6.07, 6.45) is 1.66. The lowest BCUT2D eigenvalue weighted by atomic mass is 9.93. The standard InChI is InChI=1S/C25H22ClNO3S/c1-30-24(29)25(14-18-6-2-3-7-19(18)15-25)27(17-28)16-20-8-4-5-9-23(20)31-22-12-10-21(26)11-13-22/h2-13,17H,14-16H2,1H3. The summed E-state index contributed by atoms with van der Waals surface area (Å²) in [6.45, 7) is 0.309. The van der Waals surface area contributed by atoms with Gasteiger partial charge in [0.1, 0.15) is 5.54 Å². The molecule has 1 aliphatic rings. The number of methoxy groups -OCH3 is 1. The maximum absolute atomic E-state index is 13.0. The molecule has 0 radical (unpaired) electrons. The van der Waals surface area contributed by atoms with Gasteiger partial charge in [-0.3, -0.25) is 4.79 Å². The van der Waals surface area contributed by atoms with Crippen LogP contribution in [0.4, 0.5) is 0 Å². The van der Waals surface area contributed by atoms with Crippen LogP contribution in [-0.2, 0) is 33.7 Å². The normalized spacial score (nSPS) is 14.0. The quantitative estimate of drug-likeness (QED) is 0.367. The Bertz CT molecular complexity index is 1070. The third kappa shape index (κ3) is 4.34. The highest BCUT2D eigenvalue weighted by molar-refractivity contribution is 7.99. The van der Waals surface area contributed by atoms with Crippen LogP contribution in [0.15, 0.2) is 82.6 Å². The number of nitrogens with zero attached hydrogens (tertiary/aromatic N) is 1. The molecule has 1 aliphatic carbocycles. The van der Waals surface area contributed by atoms with Crippen molar-refractivity contribution in [1.29, 1.82) is 0 Å². The van der Waals surface area contributed by atoms with Crippen molar-refractivity contribution in [2.75, 3.05) is 7.11 Å². The van der Waals surface area contributed by atoms with E-state index in [1.165, 1.54) is 7.11 Å². The number of hydrogen-bond donors (Lipinski definition) is 0. The van der Waals surface area contributed by atoms with Crippen LogP contribution >= 0.6 is 23.4 Å². The van der Waals surface area contributed by atoms with E-state index in [0.717, 1.165) is 32.9 Å². The molecule has 3 aromatic rings. The fourth-order valence-corrected chi connectivity index (χ4v) is 5.15. The Labute approximate surface area is 191 Å². The van der Waals surface area contributed by atoms with Crippen molar-refractivity contribution < 1.29 is 14.3 Å². The molecule has 0 bridgehead atoms. The van der Waals surface area contributed by atoms with E-state index in [0.29, 0.717) is 24.4 Å². The highest BCUT2D eigenvalue weighted by Crippen LogP contribution is 2.38. The molecule has 4 rings (SSSR count). The molecule has 6 heteroatoms. The Morgan fingerprint density at radius 2 is 1.65 bits per heavy atom. The summed E-state index contributed by atoms with van der Waals surface area (Å²) in [6, 6.07) is 23.5. The Balaban J connectivity index is 1.65. The molecule has 0 fully saturated rings. The van der Waals surface area contributed by atoms with E-state index in [1.54, 1.807) is 16.7 Å². The van der Waals surface area contributed by atoms with Crippen LogP contribution in [0, 0.1) is 0 Å². The third-order valence-corrected chi connectivity index (χ3v) is 7.06. The van der Waals surface area contributed by atoms with Gasteiger partial charge in [0.2, 0.25) is 6.41 Å². The molecule has 0 aliphatic heterocycles. The average molecular weight is 452 g/mol. The van der Waals surface area contributed by atoms with E-state index in [4.69, 9.17) is 16.3 Å². The molecule has 31 heavy (non-hydrogen) atoms. The number of rotatable bonds is 7. The summed E-state index contributed by atoms with van der Waals surface area (Å²) in [5.74, 6) is -0.390. The Kier molecular flexibility index (Phi) is 6.35. The van der Waals surface area contributed by atoms with Crippen molar-refractivity contribution in [3.8, 4) is 0 Å². The summed E-state index contributed by atoms with van der Waals surface area (Å²) < 4.78 is 5.17. The minimum Gasteiger partial charge on any atom is -0.467 e. The molecular weight excluding hydrogens is 430 g/mol. The second-order valence-electron chi connectivity index (χ2n) is 7.54. The first-order valence-electron chi connectivity index (χ1n) is 9.94. The van der Waals surface area contributed by atoms with Gasteiger partial charge in [-0.15, -0.1) is 0 Å². The highest BCUT2D eigenvalue weighted by atomic mass is 35.5. The lowest BCUT2D eigenvalue weighted by molar-refractivity contribution is -0.158. The second kappa shape index (κ2) is 9.16. The number of amides is 1. The van der Waals surface area contributed by atoms with Gasteiger partial charge >= 0.3 is 5.97 Å². The highest BCUT2D eigenvalue weighted by Gasteiger charge is 2.49. The maximum atomic E-state index is 13.0. The molecule has 0 aromatic heterocycles. The predicted molar refractivity (Wildman–Crippen MR) is 122 cm³/mol. The first-order chi connectivity index (χ1) is 15.1. The fraction of sp³-hybridized carbons (Fsp3) is 0.200. The van der Waals surface area contributed by atoms with Crippen LogP contribution in [0.3, 0.4) is 0 Å². The minimum atomic E-state index is -1.04. The number of benzene rings is 3. The largest absolute Gasteiger partial charge is 0.467 e. The van der Waals surface area contributed by atoms with Gasteiger partial charge in [-0.1, -0.05) is 65.8 Å². The average Bonchev–Trinajstić information content (AvgIpc) is 3.20. The lowest BCUT2D eigenvalue weighted by Gasteiger charge is -2.36. The fourth-order valence-electron chi connectivity index (χ4n) is 4.09. The Hall–Kier alpha value is -2.76. The number of esters is 1. The molecular formula is C25H22ClNO3S. The molecule has 158 valence electrons. The number of halogens is 1. The first-order valence-corrected chi connectivity index (χ1v) is 11.1. The van der Waals surface area contributed by atoms with Gasteiger partial charge in [-0.2, -0.15) is 0 Å². The molecule has 0 atom stereocenters. The zero-order valence-electron chi connectivity index (χ0n) is 17.1. The Morgan fingerprint density at radius 3 is 2.26 bits per heavy atom. The van der Waals surface area contributed by atoms with Crippen LogP contribution in [0.5, 0.6) is 0 Å². The molecule has 0 spiro atoms. The van der Waals surface area contributed by atoms with E-state index < -0.39 is 11.5 Å². The Morgan fingerprint density at radius 1 is 1.03 bits per heavy atom.